The maximum Gasteiger partial charge on any atom is 0.251 e. The van der Waals surface area contributed by atoms with E-state index in [1.807, 2.05) is 12.1 Å². The molecule has 1 aromatic rings. The lowest BCUT2D eigenvalue weighted by molar-refractivity contribution is 0.0927. The quantitative estimate of drug-likeness (QED) is 0.886. The average molecular weight is 272 g/mol. The number of hydrogen-bond acceptors (Lipinski definition) is 2. The van der Waals surface area contributed by atoms with E-state index in [1.54, 1.807) is 0 Å². The summed E-state index contributed by atoms with van der Waals surface area (Å²) in [5.41, 5.74) is 3.27. The number of carbonyl (C=O) groups excluding carboxylic acids is 1. The molecule has 1 heterocycles. The molecule has 0 saturated heterocycles. The summed E-state index contributed by atoms with van der Waals surface area (Å²) in [4.78, 5) is 12.4. The Kier molecular flexibility index (Phi) is 3.95. The molecule has 108 valence electrons. The Balaban J connectivity index is 1.67. The van der Waals surface area contributed by atoms with Crippen LogP contribution in [0.3, 0.4) is 0 Å². The number of carbonyl (C=O) groups is 1. The molecule has 1 aliphatic heterocycles. The zero-order valence-corrected chi connectivity index (χ0v) is 12.2. The monoisotopic (exact) mass is 272 g/mol. The highest BCUT2D eigenvalue weighted by atomic mass is 16.1. The van der Waals surface area contributed by atoms with Crippen LogP contribution in [0.1, 0.15) is 54.9 Å². The summed E-state index contributed by atoms with van der Waals surface area (Å²) in [6.45, 7) is 3.19. The number of hydrogen-bond donors (Lipinski definition) is 2. The van der Waals surface area contributed by atoms with E-state index in [2.05, 4.69) is 23.6 Å². The Bertz CT molecular complexity index is 492. The average Bonchev–Trinajstić information content (AvgIpc) is 3.01. The number of fused-ring (bicyclic) bond motifs is 1. The number of nitrogens with one attached hydrogen (secondary N) is 2. The van der Waals surface area contributed by atoms with Gasteiger partial charge in [-0.25, -0.2) is 0 Å². The van der Waals surface area contributed by atoms with Gasteiger partial charge in [0.05, 0.1) is 0 Å². The highest BCUT2D eigenvalue weighted by molar-refractivity contribution is 5.95. The van der Waals surface area contributed by atoms with Crippen molar-refractivity contribution in [1.29, 1.82) is 0 Å². The van der Waals surface area contributed by atoms with Crippen LogP contribution < -0.4 is 10.6 Å². The minimum atomic E-state index is 0.0813. The second-order valence-electron chi connectivity index (χ2n) is 6.21. The van der Waals surface area contributed by atoms with Crippen molar-refractivity contribution in [3.8, 4) is 0 Å². The zero-order chi connectivity index (χ0) is 13.9. The second-order valence-corrected chi connectivity index (χ2v) is 6.21. The Labute approximate surface area is 121 Å². The summed E-state index contributed by atoms with van der Waals surface area (Å²) >= 11 is 0. The molecule has 1 aromatic carbocycles. The highest BCUT2D eigenvalue weighted by Gasteiger charge is 2.23. The van der Waals surface area contributed by atoms with E-state index in [0.29, 0.717) is 12.0 Å². The fourth-order valence-corrected chi connectivity index (χ4v) is 3.48. The Morgan fingerprint density at radius 3 is 2.90 bits per heavy atom. The minimum Gasteiger partial charge on any atom is -0.385 e. The summed E-state index contributed by atoms with van der Waals surface area (Å²) in [7, 11) is 0. The van der Waals surface area contributed by atoms with Gasteiger partial charge in [0.15, 0.2) is 0 Å². The number of amides is 1. The Morgan fingerprint density at radius 2 is 2.10 bits per heavy atom. The topological polar surface area (TPSA) is 41.1 Å². The molecule has 2 aliphatic rings. The van der Waals surface area contributed by atoms with E-state index < -0.39 is 0 Å². The molecule has 0 spiro atoms. The van der Waals surface area contributed by atoms with E-state index in [0.717, 1.165) is 24.9 Å². The summed E-state index contributed by atoms with van der Waals surface area (Å²) in [6.07, 6.45) is 7.37. The van der Waals surface area contributed by atoms with Crippen LogP contribution in [0.5, 0.6) is 0 Å². The van der Waals surface area contributed by atoms with E-state index in [9.17, 15) is 4.79 Å². The van der Waals surface area contributed by atoms with Gasteiger partial charge in [0.1, 0.15) is 0 Å². The van der Waals surface area contributed by atoms with Crippen molar-refractivity contribution in [2.24, 2.45) is 5.92 Å². The fourth-order valence-electron chi connectivity index (χ4n) is 3.48. The predicted molar refractivity (Wildman–Crippen MR) is 82.1 cm³/mol. The SMILES string of the molecule is C[C@@H](NC(=O)c1ccc2c(c1)CCCN2)C1CCCC1. The lowest BCUT2D eigenvalue weighted by atomic mass is 9.98. The molecule has 1 amide bonds. The van der Waals surface area contributed by atoms with Crippen molar-refractivity contribution in [2.45, 2.75) is 51.5 Å². The number of rotatable bonds is 3. The molecule has 0 aromatic heterocycles. The van der Waals surface area contributed by atoms with Crippen molar-refractivity contribution in [2.75, 3.05) is 11.9 Å². The van der Waals surface area contributed by atoms with Gasteiger partial charge in [-0.2, -0.15) is 0 Å². The van der Waals surface area contributed by atoms with Crippen LogP contribution in [0.4, 0.5) is 5.69 Å². The van der Waals surface area contributed by atoms with E-state index in [1.165, 1.54) is 36.9 Å². The maximum absolute atomic E-state index is 12.4. The lowest BCUT2D eigenvalue weighted by Crippen LogP contribution is -2.37. The summed E-state index contributed by atoms with van der Waals surface area (Å²) < 4.78 is 0. The smallest absolute Gasteiger partial charge is 0.251 e. The molecule has 2 N–H and O–H groups in total. The molecule has 0 unspecified atom stereocenters. The van der Waals surface area contributed by atoms with Gasteiger partial charge >= 0.3 is 0 Å². The second kappa shape index (κ2) is 5.86. The molecule has 1 atom stereocenters. The molecule has 1 aliphatic carbocycles. The first-order chi connectivity index (χ1) is 9.74. The molecule has 0 bridgehead atoms. The van der Waals surface area contributed by atoms with Crippen LogP contribution in [-0.4, -0.2) is 18.5 Å². The fraction of sp³-hybridized carbons (Fsp3) is 0.588. The van der Waals surface area contributed by atoms with Crippen LogP contribution in [0.15, 0.2) is 18.2 Å². The molecule has 1 saturated carbocycles. The third-order valence-electron chi connectivity index (χ3n) is 4.77. The first kappa shape index (κ1) is 13.5. The van der Waals surface area contributed by atoms with Crippen molar-refractivity contribution >= 4 is 11.6 Å². The van der Waals surface area contributed by atoms with Gasteiger partial charge in [-0.05, 0) is 62.3 Å². The Morgan fingerprint density at radius 1 is 1.30 bits per heavy atom. The van der Waals surface area contributed by atoms with Gasteiger partial charge in [0.2, 0.25) is 0 Å². The lowest BCUT2D eigenvalue weighted by Gasteiger charge is -2.22. The molecule has 20 heavy (non-hydrogen) atoms. The third kappa shape index (κ3) is 2.82. The molecule has 3 heteroatoms. The van der Waals surface area contributed by atoms with Gasteiger partial charge in [0, 0.05) is 23.8 Å². The highest BCUT2D eigenvalue weighted by Crippen LogP contribution is 2.28. The van der Waals surface area contributed by atoms with Crippen molar-refractivity contribution in [1.82, 2.24) is 5.32 Å². The van der Waals surface area contributed by atoms with Crippen LogP contribution in [0.2, 0.25) is 0 Å². The molecule has 3 rings (SSSR count). The first-order valence-corrected chi connectivity index (χ1v) is 7.92. The van der Waals surface area contributed by atoms with Crippen molar-refractivity contribution in [3.05, 3.63) is 29.3 Å². The van der Waals surface area contributed by atoms with Crippen molar-refractivity contribution < 1.29 is 4.79 Å². The van der Waals surface area contributed by atoms with E-state index in [-0.39, 0.29) is 5.91 Å². The predicted octanol–water partition coefficient (Wildman–Crippen LogP) is 3.35. The zero-order valence-electron chi connectivity index (χ0n) is 12.2. The number of anilines is 1. The summed E-state index contributed by atoms with van der Waals surface area (Å²) in [6, 6.07) is 6.33. The Hall–Kier alpha value is -1.51. The molecular formula is C17H24N2O. The molecule has 3 nitrogen and oxygen atoms in total. The normalized spacial score (nSPS) is 20.1. The van der Waals surface area contributed by atoms with Gasteiger partial charge in [-0.3, -0.25) is 4.79 Å². The standard InChI is InChI=1S/C17H24N2O/c1-12(13-5-2-3-6-13)19-17(20)15-8-9-16-14(11-15)7-4-10-18-16/h8-9,11-13,18H,2-7,10H2,1H3,(H,19,20)/t12-/m1/s1. The van der Waals surface area contributed by atoms with Crippen molar-refractivity contribution in [3.63, 3.8) is 0 Å². The third-order valence-corrected chi connectivity index (χ3v) is 4.77. The van der Waals surface area contributed by atoms with Crippen LogP contribution >= 0.6 is 0 Å². The molecular weight excluding hydrogens is 248 g/mol. The number of aryl methyl sites for hydroxylation is 1. The summed E-state index contributed by atoms with van der Waals surface area (Å²) in [5.74, 6) is 0.746. The van der Waals surface area contributed by atoms with Crippen LogP contribution in [-0.2, 0) is 6.42 Å². The van der Waals surface area contributed by atoms with Crippen LogP contribution in [0, 0.1) is 5.92 Å². The van der Waals surface area contributed by atoms with Gasteiger partial charge in [-0.15, -0.1) is 0 Å². The molecule has 0 radical (unpaired) electrons. The largest absolute Gasteiger partial charge is 0.385 e. The van der Waals surface area contributed by atoms with Crippen LogP contribution in [0.25, 0.3) is 0 Å². The molecule has 1 fully saturated rings. The number of benzene rings is 1. The minimum absolute atomic E-state index is 0.0813. The van der Waals surface area contributed by atoms with E-state index in [4.69, 9.17) is 0 Å². The summed E-state index contributed by atoms with van der Waals surface area (Å²) in [5, 5.41) is 6.57. The van der Waals surface area contributed by atoms with Gasteiger partial charge in [0.25, 0.3) is 5.91 Å². The first-order valence-electron chi connectivity index (χ1n) is 7.92. The van der Waals surface area contributed by atoms with Gasteiger partial charge < -0.3 is 10.6 Å². The van der Waals surface area contributed by atoms with Gasteiger partial charge in [-0.1, -0.05) is 12.8 Å². The van der Waals surface area contributed by atoms with E-state index >= 15 is 0 Å². The maximum atomic E-state index is 12.4.